The molecule has 0 saturated carbocycles. The van der Waals surface area contributed by atoms with E-state index in [1.54, 1.807) is 12.4 Å². The number of nitrogens with one attached hydrogen (secondary N) is 2. The first-order valence-electron chi connectivity index (χ1n) is 7.91. The minimum Gasteiger partial charge on any atom is -0.490 e. The number of rotatable bonds is 10. The van der Waals surface area contributed by atoms with Crippen molar-refractivity contribution in [3.05, 3.63) is 24.5 Å². The predicted molar refractivity (Wildman–Crippen MR) is 103 cm³/mol. The SMILES string of the molecule is CCCCCCN=C(NCC)NCCOc1cccnc1.I. The van der Waals surface area contributed by atoms with Crippen LogP contribution in [-0.4, -0.2) is 37.2 Å². The van der Waals surface area contributed by atoms with Gasteiger partial charge in [0.05, 0.1) is 12.7 Å². The molecular formula is C16H29IN4O. The summed E-state index contributed by atoms with van der Waals surface area (Å²) in [7, 11) is 0. The van der Waals surface area contributed by atoms with Crippen molar-refractivity contribution in [2.45, 2.75) is 39.5 Å². The number of unbranched alkanes of at least 4 members (excludes halogenated alkanes) is 3. The van der Waals surface area contributed by atoms with E-state index >= 15 is 0 Å². The number of hydrogen-bond acceptors (Lipinski definition) is 3. The molecule has 0 radical (unpaired) electrons. The first-order valence-corrected chi connectivity index (χ1v) is 7.91. The van der Waals surface area contributed by atoms with Gasteiger partial charge in [0.15, 0.2) is 5.96 Å². The van der Waals surface area contributed by atoms with Crippen molar-refractivity contribution >= 4 is 29.9 Å². The van der Waals surface area contributed by atoms with Crippen LogP contribution in [-0.2, 0) is 0 Å². The Kier molecular flexibility index (Phi) is 14.2. The van der Waals surface area contributed by atoms with Gasteiger partial charge in [-0.1, -0.05) is 26.2 Å². The third-order valence-electron chi connectivity index (χ3n) is 2.92. The Hall–Kier alpha value is -1.05. The molecule has 1 aromatic heterocycles. The highest BCUT2D eigenvalue weighted by Crippen LogP contribution is 2.04. The molecular weight excluding hydrogens is 391 g/mol. The number of aliphatic imine (C=N–C) groups is 1. The van der Waals surface area contributed by atoms with E-state index in [4.69, 9.17) is 4.74 Å². The Morgan fingerprint density at radius 2 is 2.09 bits per heavy atom. The third kappa shape index (κ3) is 10.6. The van der Waals surface area contributed by atoms with Gasteiger partial charge in [0.2, 0.25) is 0 Å². The van der Waals surface area contributed by atoms with Gasteiger partial charge in [-0.05, 0) is 25.5 Å². The maximum Gasteiger partial charge on any atom is 0.191 e. The molecule has 0 aliphatic carbocycles. The predicted octanol–water partition coefficient (Wildman–Crippen LogP) is 3.21. The topological polar surface area (TPSA) is 58.5 Å². The molecule has 0 bridgehead atoms. The van der Waals surface area contributed by atoms with E-state index in [1.165, 1.54) is 19.3 Å². The second-order valence-corrected chi connectivity index (χ2v) is 4.79. The van der Waals surface area contributed by atoms with Gasteiger partial charge in [0.1, 0.15) is 12.4 Å². The molecule has 0 aliphatic rings. The minimum absolute atomic E-state index is 0. The van der Waals surface area contributed by atoms with Crippen LogP contribution in [0.4, 0.5) is 0 Å². The number of ether oxygens (including phenoxy) is 1. The van der Waals surface area contributed by atoms with Crippen LogP contribution in [0.5, 0.6) is 5.75 Å². The van der Waals surface area contributed by atoms with E-state index in [9.17, 15) is 0 Å². The van der Waals surface area contributed by atoms with Crippen LogP contribution in [0.25, 0.3) is 0 Å². The molecule has 0 aromatic carbocycles. The number of hydrogen-bond donors (Lipinski definition) is 2. The number of guanidine groups is 1. The molecule has 1 heterocycles. The van der Waals surface area contributed by atoms with Gasteiger partial charge in [-0.3, -0.25) is 9.98 Å². The van der Waals surface area contributed by atoms with Gasteiger partial charge in [-0.25, -0.2) is 0 Å². The van der Waals surface area contributed by atoms with Crippen LogP contribution in [0.1, 0.15) is 39.5 Å². The number of nitrogens with zero attached hydrogens (tertiary/aromatic N) is 2. The molecule has 0 spiro atoms. The van der Waals surface area contributed by atoms with Crippen LogP contribution in [0.2, 0.25) is 0 Å². The van der Waals surface area contributed by atoms with Crippen LogP contribution in [0.15, 0.2) is 29.5 Å². The molecule has 1 rings (SSSR count). The Balaban J connectivity index is 0.00000441. The van der Waals surface area contributed by atoms with E-state index in [1.807, 2.05) is 12.1 Å². The maximum atomic E-state index is 5.58. The standard InChI is InChI=1S/C16H28N4O.HI/c1-3-5-6-7-11-19-16(18-4-2)20-12-13-21-15-9-8-10-17-14-15;/h8-10,14H,3-7,11-13H2,1-2H3,(H2,18,19,20);1H. The van der Waals surface area contributed by atoms with Gasteiger partial charge in [0.25, 0.3) is 0 Å². The molecule has 22 heavy (non-hydrogen) atoms. The van der Waals surface area contributed by atoms with Crippen molar-refractivity contribution in [2.24, 2.45) is 4.99 Å². The van der Waals surface area contributed by atoms with Crippen molar-refractivity contribution in [3.63, 3.8) is 0 Å². The summed E-state index contributed by atoms with van der Waals surface area (Å²) in [6, 6.07) is 3.77. The second-order valence-electron chi connectivity index (χ2n) is 4.79. The molecule has 0 fully saturated rings. The molecule has 0 unspecified atom stereocenters. The van der Waals surface area contributed by atoms with E-state index in [0.29, 0.717) is 6.61 Å². The summed E-state index contributed by atoms with van der Waals surface area (Å²) in [6.45, 7) is 7.34. The summed E-state index contributed by atoms with van der Waals surface area (Å²) in [5.41, 5.74) is 0. The lowest BCUT2D eigenvalue weighted by atomic mass is 10.2. The van der Waals surface area contributed by atoms with Gasteiger partial charge >= 0.3 is 0 Å². The molecule has 126 valence electrons. The molecule has 1 aromatic rings. The smallest absolute Gasteiger partial charge is 0.191 e. The summed E-state index contributed by atoms with van der Waals surface area (Å²) >= 11 is 0. The fourth-order valence-corrected chi connectivity index (χ4v) is 1.84. The third-order valence-corrected chi connectivity index (χ3v) is 2.92. The van der Waals surface area contributed by atoms with E-state index in [-0.39, 0.29) is 24.0 Å². The number of aromatic nitrogens is 1. The molecule has 6 heteroatoms. The van der Waals surface area contributed by atoms with E-state index in [0.717, 1.165) is 37.8 Å². The maximum absolute atomic E-state index is 5.58. The average molecular weight is 420 g/mol. The molecule has 2 N–H and O–H groups in total. The van der Waals surface area contributed by atoms with Crippen molar-refractivity contribution in [1.82, 2.24) is 15.6 Å². The summed E-state index contributed by atoms with van der Waals surface area (Å²) < 4.78 is 5.58. The molecule has 0 amide bonds. The lowest BCUT2D eigenvalue weighted by Crippen LogP contribution is -2.39. The Morgan fingerprint density at radius 3 is 2.77 bits per heavy atom. The Bertz CT molecular complexity index is 387. The van der Waals surface area contributed by atoms with Crippen molar-refractivity contribution in [1.29, 1.82) is 0 Å². The largest absolute Gasteiger partial charge is 0.490 e. The monoisotopic (exact) mass is 420 g/mol. The van der Waals surface area contributed by atoms with Gasteiger partial charge in [-0.2, -0.15) is 0 Å². The van der Waals surface area contributed by atoms with Crippen molar-refractivity contribution in [2.75, 3.05) is 26.2 Å². The minimum atomic E-state index is 0. The zero-order chi connectivity index (χ0) is 15.2. The first-order chi connectivity index (χ1) is 10.4. The second kappa shape index (κ2) is 14.9. The summed E-state index contributed by atoms with van der Waals surface area (Å²) in [4.78, 5) is 8.57. The van der Waals surface area contributed by atoms with E-state index in [2.05, 4.69) is 34.5 Å². The zero-order valence-electron chi connectivity index (χ0n) is 13.7. The van der Waals surface area contributed by atoms with Crippen LogP contribution in [0.3, 0.4) is 0 Å². The fraction of sp³-hybridized carbons (Fsp3) is 0.625. The molecule has 0 aliphatic heterocycles. The summed E-state index contributed by atoms with van der Waals surface area (Å²) in [5.74, 6) is 1.66. The molecule has 0 saturated heterocycles. The number of pyridine rings is 1. The Labute approximate surface area is 151 Å². The average Bonchev–Trinajstić information content (AvgIpc) is 2.52. The summed E-state index contributed by atoms with van der Waals surface area (Å²) in [5, 5.41) is 6.52. The molecule has 0 atom stereocenters. The van der Waals surface area contributed by atoms with Gasteiger partial charge in [-0.15, -0.1) is 24.0 Å². The first kappa shape index (κ1) is 20.9. The highest BCUT2D eigenvalue weighted by molar-refractivity contribution is 14.0. The van der Waals surface area contributed by atoms with Gasteiger partial charge < -0.3 is 15.4 Å². The zero-order valence-corrected chi connectivity index (χ0v) is 16.0. The van der Waals surface area contributed by atoms with Gasteiger partial charge in [0, 0.05) is 19.3 Å². The van der Waals surface area contributed by atoms with Crippen molar-refractivity contribution in [3.8, 4) is 5.75 Å². The highest BCUT2D eigenvalue weighted by Gasteiger charge is 1.97. The van der Waals surface area contributed by atoms with Crippen LogP contribution >= 0.6 is 24.0 Å². The Morgan fingerprint density at radius 1 is 1.23 bits per heavy atom. The van der Waals surface area contributed by atoms with Crippen LogP contribution in [0, 0.1) is 0 Å². The summed E-state index contributed by atoms with van der Waals surface area (Å²) in [6.07, 6.45) is 8.40. The lowest BCUT2D eigenvalue weighted by molar-refractivity contribution is 0.320. The molecule has 5 nitrogen and oxygen atoms in total. The van der Waals surface area contributed by atoms with Crippen molar-refractivity contribution < 1.29 is 4.74 Å². The van der Waals surface area contributed by atoms with Crippen LogP contribution < -0.4 is 15.4 Å². The van der Waals surface area contributed by atoms with E-state index < -0.39 is 0 Å². The number of halogens is 1. The lowest BCUT2D eigenvalue weighted by Gasteiger charge is -2.12. The quantitative estimate of drug-likeness (QED) is 0.264. The normalized spacial score (nSPS) is 10.7. The fourth-order valence-electron chi connectivity index (χ4n) is 1.84. The highest BCUT2D eigenvalue weighted by atomic mass is 127.